The number of hydrogen-bond donors (Lipinski definition) is 2. The van der Waals surface area contributed by atoms with Crippen LogP contribution in [0.4, 0.5) is 15.8 Å². The summed E-state index contributed by atoms with van der Waals surface area (Å²) in [4.78, 5) is 55.0. The molecule has 2 aliphatic heterocycles. The zero-order chi connectivity index (χ0) is 30.6. The summed E-state index contributed by atoms with van der Waals surface area (Å²) < 4.78 is 38.2. The molecule has 220 valence electrons. The molecule has 3 aromatic carbocycles. The first-order chi connectivity index (χ1) is 20.4. The van der Waals surface area contributed by atoms with Gasteiger partial charge in [-0.2, -0.15) is 0 Å². The first-order valence-electron chi connectivity index (χ1n) is 12.9. The Labute approximate surface area is 253 Å². The fourth-order valence-electron chi connectivity index (χ4n) is 5.30. The fourth-order valence-corrected chi connectivity index (χ4v) is 8.59. The smallest absolute Gasteiger partial charge is 0.308 e. The van der Waals surface area contributed by atoms with Crippen LogP contribution in [0.5, 0.6) is 0 Å². The van der Waals surface area contributed by atoms with E-state index in [9.17, 15) is 32.0 Å². The van der Waals surface area contributed by atoms with Gasteiger partial charge in [0.2, 0.25) is 27.7 Å². The summed E-state index contributed by atoms with van der Waals surface area (Å²) in [5.74, 6) is -3.47. The van der Waals surface area contributed by atoms with E-state index in [4.69, 9.17) is 5.14 Å². The number of imide groups is 1. The predicted octanol–water partition coefficient (Wildman–Crippen LogP) is 3.44. The maximum absolute atomic E-state index is 13.9. The van der Waals surface area contributed by atoms with E-state index < -0.39 is 62.1 Å². The molecule has 3 atom stereocenters. The SMILES string of the molecule is Cc1ccc(N2C(=O)[C@@H]3[C@H](c4ccc(F)cc4)c4sc(=O)n(CC(=O)Nc5ccc(S(N)(=O)=O)cc5)c4S[C@@H]3C2=O)cc1. The number of nitrogens with one attached hydrogen (secondary N) is 1. The van der Waals surface area contributed by atoms with Gasteiger partial charge in [-0.15, -0.1) is 0 Å². The molecule has 0 unspecified atom stereocenters. The summed E-state index contributed by atoms with van der Waals surface area (Å²) in [5, 5.41) is 7.25. The van der Waals surface area contributed by atoms with E-state index in [1.54, 1.807) is 24.3 Å². The number of anilines is 2. The minimum Gasteiger partial charge on any atom is -0.325 e. The number of aromatic nitrogens is 1. The Morgan fingerprint density at radius 3 is 2.23 bits per heavy atom. The number of sulfonamides is 1. The summed E-state index contributed by atoms with van der Waals surface area (Å²) in [5.41, 5.74) is 2.25. The number of nitrogens with two attached hydrogens (primary N) is 1. The highest BCUT2D eigenvalue weighted by atomic mass is 32.2. The molecule has 10 nitrogen and oxygen atoms in total. The highest BCUT2D eigenvalue weighted by Gasteiger charge is 2.56. The van der Waals surface area contributed by atoms with E-state index in [1.807, 2.05) is 6.92 Å². The lowest BCUT2D eigenvalue weighted by Gasteiger charge is -2.30. The number of hydrogen-bond acceptors (Lipinski definition) is 8. The Morgan fingerprint density at radius 2 is 1.60 bits per heavy atom. The van der Waals surface area contributed by atoms with Gasteiger partial charge in [0, 0.05) is 16.5 Å². The molecule has 43 heavy (non-hydrogen) atoms. The lowest BCUT2D eigenvalue weighted by Crippen LogP contribution is -2.33. The molecule has 0 bridgehead atoms. The van der Waals surface area contributed by atoms with Crippen molar-refractivity contribution >= 4 is 62.2 Å². The summed E-state index contributed by atoms with van der Waals surface area (Å²) in [6.07, 6.45) is 0. The number of thioether (sulfide) groups is 1. The van der Waals surface area contributed by atoms with Crippen molar-refractivity contribution in [1.82, 2.24) is 4.57 Å². The number of rotatable bonds is 6. The van der Waals surface area contributed by atoms with Gasteiger partial charge >= 0.3 is 4.87 Å². The van der Waals surface area contributed by atoms with E-state index in [1.165, 1.54) is 53.1 Å². The van der Waals surface area contributed by atoms with Crippen molar-refractivity contribution in [1.29, 1.82) is 0 Å². The Bertz CT molecular complexity index is 1940. The maximum Gasteiger partial charge on any atom is 0.308 e. The molecule has 1 aromatic heterocycles. The van der Waals surface area contributed by atoms with Crippen LogP contribution in [-0.4, -0.2) is 36.0 Å². The molecule has 1 saturated heterocycles. The van der Waals surface area contributed by atoms with Crippen LogP contribution >= 0.6 is 23.1 Å². The average molecular weight is 639 g/mol. The van der Waals surface area contributed by atoms with Crippen LogP contribution in [0.3, 0.4) is 0 Å². The van der Waals surface area contributed by atoms with Gasteiger partial charge in [0.15, 0.2) is 0 Å². The van der Waals surface area contributed by atoms with Crippen molar-refractivity contribution in [3.63, 3.8) is 0 Å². The molecule has 2 aliphatic rings. The number of carbonyl (C=O) groups excluding carboxylic acids is 3. The van der Waals surface area contributed by atoms with Crippen LogP contribution in [0.2, 0.25) is 0 Å². The topological polar surface area (TPSA) is 149 Å². The van der Waals surface area contributed by atoms with Gasteiger partial charge in [-0.05, 0) is 61.0 Å². The number of benzene rings is 3. The van der Waals surface area contributed by atoms with Crippen LogP contribution in [0.15, 0.2) is 87.5 Å². The Kier molecular flexibility index (Phi) is 7.32. The number of thiazole rings is 1. The average Bonchev–Trinajstić information content (AvgIpc) is 3.40. The molecule has 3 heterocycles. The Balaban J connectivity index is 1.36. The standard InChI is InChI=1S/C29H23FN4O6S3/c1-15-2-10-19(11-3-15)34-26(36)23-22(16-4-6-17(30)7-5-16)25-28(41-24(23)27(34)37)33(29(38)42-25)14-21(35)32-18-8-12-20(13-9-18)43(31,39)40/h2-13,22-24H,14H2,1H3,(H,32,35)(H2,31,39,40)/t22-,23+,24-/m0/s1. The van der Waals surface area contributed by atoms with Gasteiger partial charge in [-0.3, -0.25) is 23.7 Å². The monoisotopic (exact) mass is 638 g/mol. The van der Waals surface area contributed by atoms with Crippen molar-refractivity contribution in [2.45, 2.75) is 34.6 Å². The van der Waals surface area contributed by atoms with E-state index >= 15 is 0 Å². The second-order valence-corrected chi connectivity index (χ2v) is 13.9. The van der Waals surface area contributed by atoms with Gasteiger partial charge in [0.1, 0.15) is 17.6 Å². The predicted molar refractivity (Wildman–Crippen MR) is 160 cm³/mol. The molecule has 14 heteroatoms. The lowest BCUT2D eigenvalue weighted by atomic mass is 9.83. The van der Waals surface area contributed by atoms with Gasteiger partial charge in [0.05, 0.1) is 21.5 Å². The zero-order valence-electron chi connectivity index (χ0n) is 22.4. The number of aryl methyl sites for hydroxylation is 1. The summed E-state index contributed by atoms with van der Waals surface area (Å²) >= 11 is 1.95. The minimum atomic E-state index is -3.91. The fraction of sp³-hybridized carbons (Fsp3) is 0.172. The normalized spacial score (nSPS) is 19.7. The van der Waals surface area contributed by atoms with Gasteiger partial charge in [-0.1, -0.05) is 52.9 Å². The third-order valence-corrected chi connectivity index (χ3v) is 10.9. The number of carbonyl (C=O) groups is 3. The highest BCUT2D eigenvalue weighted by molar-refractivity contribution is 8.00. The van der Waals surface area contributed by atoms with Crippen molar-refractivity contribution in [2.24, 2.45) is 11.1 Å². The molecule has 0 radical (unpaired) electrons. The molecule has 0 aliphatic carbocycles. The molecular formula is C29H23FN4O6S3. The largest absolute Gasteiger partial charge is 0.325 e. The zero-order valence-corrected chi connectivity index (χ0v) is 24.8. The van der Waals surface area contributed by atoms with Crippen LogP contribution in [0, 0.1) is 18.7 Å². The summed E-state index contributed by atoms with van der Waals surface area (Å²) in [7, 11) is -3.91. The van der Waals surface area contributed by atoms with Crippen LogP contribution in [0.1, 0.15) is 21.9 Å². The first kappa shape index (κ1) is 29.0. The molecule has 0 spiro atoms. The van der Waals surface area contributed by atoms with Crippen LogP contribution < -0.4 is 20.2 Å². The Morgan fingerprint density at radius 1 is 0.953 bits per heavy atom. The Hall–Kier alpha value is -4.11. The number of amides is 3. The molecule has 0 saturated carbocycles. The van der Waals surface area contributed by atoms with E-state index in [0.717, 1.165) is 33.6 Å². The third-order valence-electron chi connectivity index (χ3n) is 7.34. The maximum atomic E-state index is 13.9. The number of halogens is 1. The molecule has 3 amide bonds. The van der Waals surface area contributed by atoms with Crippen molar-refractivity contribution in [3.05, 3.63) is 104 Å². The second-order valence-electron chi connectivity index (χ2n) is 10.2. The van der Waals surface area contributed by atoms with Gasteiger partial charge in [0.25, 0.3) is 0 Å². The van der Waals surface area contributed by atoms with Crippen molar-refractivity contribution in [2.75, 3.05) is 10.2 Å². The van der Waals surface area contributed by atoms with Gasteiger partial charge < -0.3 is 5.32 Å². The van der Waals surface area contributed by atoms with Crippen molar-refractivity contribution in [3.8, 4) is 0 Å². The second kappa shape index (κ2) is 10.9. The lowest BCUT2D eigenvalue weighted by molar-refractivity contribution is -0.122. The number of fused-ring (bicyclic) bond motifs is 2. The number of nitrogens with zero attached hydrogens (tertiary/aromatic N) is 2. The molecule has 6 rings (SSSR count). The molecule has 4 aromatic rings. The van der Waals surface area contributed by atoms with E-state index in [-0.39, 0.29) is 10.6 Å². The summed E-state index contributed by atoms with van der Waals surface area (Å²) in [6.45, 7) is 1.50. The van der Waals surface area contributed by atoms with Crippen LogP contribution in [0.25, 0.3) is 0 Å². The van der Waals surface area contributed by atoms with E-state index in [2.05, 4.69) is 5.32 Å². The molecule has 3 N–H and O–H groups in total. The molecular weight excluding hydrogens is 616 g/mol. The highest BCUT2D eigenvalue weighted by Crippen LogP contribution is 2.53. The van der Waals surface area contributed by atoms with E-state index in [0.29, 0.717) is 21.2 Å². The molecule has 1 fully saturated rings. The van der Waals surface area contributed by atoms with Crippen LogP contribution in [-0.2, 0) is 31.0 Å². The van der Waals surface area contributed by atoms with Gasteiger partial charge in [-0.25, -0.2) is 22.8 Å². The summed E-state index contributed by atoms with van der Waals surface area (Å²) in [6, 6.07) is 17.8. The minimum absolute atomic E-state index is 0.123. The first-order valence-corrected chi connectivity index (χ1v) is 16.2. The third kappa shape index (κ3) is 5.31. The van der Waals surface area contributed by atoms with Crippen molar-refractivity contribution < 1.29 is 27.2 Å². The number of primary sulfonamides is 1. The quantitative estimate of drug-likeness (QED) is 0.308.